The number of nitrogens with zero attached hydrogens (tertiary/aromatic N) is 1. The molecule has 0 radical (unpaired) electrons. The van der Waals surface area contributed by atoms with Gasteiger partial charge in [-0.15, -0.1) is 11.8 Å². The molecule has 12 nitrogen and oxygen atoms in total. The average Bonchev–Trinajstić information content (AvgIpc) is 3.26. The van der Waals surface area contributed by atoms with Crippen LogP contribution >= 0.6 is 11.8 Å². The molecule has 6 amide bonds. The SMILES string of the molecule is CCC(C)(C)CCCCCCSC1CC(=O)N(CCC(=O)NCCOCCNC(=O)CCC(=O)NCCNC(=O)CC(C)(C)C)C1=O. The van der Waals surface area contributed by atoms with E-state index in [0.29, 0.717) is 24.9 Å². The quantitative estimate of drug-likeness (QED) is 0.0842. The third kappa shape index (κ3) is 21.0. The van der Waals surface area contributed by atoms with Gasteiger partial charge in [0.25, 0.3) is 0 Å². The minimum Gasteiger partial charge on any atom is -0.378 e. The number of rotatable bonds is 25. The Kier molecular flexibility index (Phi) is 20.6. The first kappa shape index (κ1) is 42.4. The summed E-state index contributed by atoms with van der Waals surface area (Å²) in [5.41, 5.74) is 0.303. The van der Waals surface area contributed by atoms with Gasteiger partial charge >= 0.3 is 0 Å². The molecule has 1 fully saturated rings. The number of amides is 6. The first-order valence-corrected chi connectivity index (χ1v) is 18.3. The van der Waals surface area contributed by atoms with Gasteiger partial charge in [0.2, 0.25) is 35.4 Å². The molecule has 1 saturated heterocycles. The van der Waals surface area contributed by atoms with Crippen molar-refractivity contribution in [1.82, 2.24) is 26.2 Å². The molecule has 0 spiro atoms. The van der Waals surface area contributed by atoms with Crippen LogP contribution in [0.3, 0.4) is 0 Å². The smallest absolute Gasteiger partial charge is 0.242 e. The number of hydrogen-bond donors (Lipinski definition) is 4. The Morgan fingerprint density at radius 1 is 0.766 bits per heavy atom. The van der Waals surface area contributed by atoms with Crippen molar-refractivity contribution in [3.63, 3.8) is 0 Å². The van der Waals surface area contributed by atoms with Crippen LogP contribution in [0, 0.1) is 10.8 Å². The molecule has 0 aromatic rings. The lowest BCUT2D eigenvalue weighted by atomic mass is 9.84. The number of thioether (sulfide) groups is 1. The zero-order valence-electron chi connectivity index (χ0n) is 29.7. The minimum absolute atomic E-state index is 0.0393. The molecule has 1 aliphatic heterocycles. The van der Waals surface area contributed by atoms with E-state index in [1.165, 1.54) is 30.6 Å². The second kappa shape index (κ2) is 22.8. The predicted molar refractivity (Wildman–Crippen MR) is 186 cm³/mol. The van der Waals surface area contributed by atoms with E-state index in [4.69, 9.17) is 4.74 Å². The Morgan fingerprint density at radius 2 is 1.30 bits per heavy atom. The van der Waals surface area contributed by atoms with Gasteiger partial charge in [0, 0.05) is 64.8 Å². The van der Waals surface area contributed by atoms with Crippen molar-refractivity contribution in [2.45, 2.75) is 117 Å². The summed E-state index contributed by atoms with van der Waals surface area (Å²) in [6, 6.07) is 0. The standard InChI is InChI=1S/C34H61N5O7S/c1-7-34(5,6)15-10-8-9-11-23-47-26-24-31(44)39(32(26)45)20-14-29(42)38-19-22-46-21-18-37-28(41)13-12-27(40)35-16-17-36-30(43)25-33(2,3)4/h26H,7-25H2,1-6H3,(H,35,40)(H,36,43)(H,37,41)(H,38,42). The maximum Gasteiger partial charge on any atom is 0.242 e. The van der Waals surface area contributed by atoms with Crippen LogP contribution in [-0.4, -0.2) is 97.3 Å². The lowest BCUT2D eigenvalue weighted by molar-refractivity contribution is -0.138. The molecule has 1 atom stereocenters. The van der Waals surface area contributed by atoms with Crippen molar-refractivity contribution in [3.8, 4) is 0 Å². The fourth-order valence-corrected chi connectivity index (χ4v) is 5.95. The van der Waals surface area contributed by atoms with E-state index < -0.39 is 0 Å². The number of imide groups is 1. The fourth-order valence-electron chi connectivity index (χ4n) is 4.76. The maximum absolute atomic E-state index is 12.7. The molecule has 270 valence electrons. The highest BCUT2D eigenvalue weighted by atomic mass is 32.2. The van der Waals surface area contributed by atoms with Crippen LogP contribution in [-0.2, 0) is 33.5 Å². The number of hydrogen-bond acceptors (Lipinski definition) is 8. The monoisotopic (exact) mass is 683 g/mol. The Bertz CT molecular complexity index is 1020. The summed E-state index contributed by atoms with van der Waals surface area (Å²) >= 11 is 1.55. The number of nitrogens with one attached hydrogen (secondary N) is 4. The highest BCUT2D eigenvalue weighted by molar-refractivity contribution is 8.00. The Labute approximate surface area is 286 Å². The third-order valence-electron chi connectivity index (χ3n) is 7.97. The van der Waals surface area contributed by atoms with Gasteiger partial charge in [-0.05, 0) is 29.4 Å². The van der Waals surface area contributed by atoms with Gasteiger partial charge in [0.1, 0.15) is 0 Å². The number of carbonyl (C=O) groups is 6. The fraction of sp³-hybridized carbons (Fsp3) is 0.824. The van der Waals surface area contributed by atoms with E-state index in [0.717, 1.165) is 18.6 Å². The van der Waals surface area contributed by atoms with E-state index in [9.17, 15) is 28.8 Å². The zero-order valence-corrected chi connectivity index (χ0v) is 30.5. The van der Waals surface area contributed by atoms with Crippen LogP contribution < -0.4 is 21.3 Å². The van der Waals surface area contributed by atoms with Crippen LogP contribution in [0.4, 0.5) is 0 Å². The van der Waals surface area contributed by atoms with Crippen LogP contribution in [0.15, 0.2) is 0 Å². The molecular formula is C34H61N5O7S. The molecule has 13 heteroatoms. The van der Waals surface area contributed by atoms with E-state index in [1.807, 2.05) is 20.8 Å². The Hall–Kier alpha value is -2.67. The van der Waals surface area contributed by atoms with Crippen molar-refractivity contribution in [3.05, 3.63) is 0 Å². The molecule has 4 N–H and O–H groups in total. The number of unbranched alkanes of at least 4 members (excludes halogenated alkanes) is 3. The van der Waals surface area contributed by atoms with E-state index in [-0.39, 0.29) is 105 Å². The van der Waals surface area contributed by atoms with Crippen molar-refractivity contribution in [2.75, 3.05) is 51.7 Å². The molecule has 1 heterocycles. The summed E-state index contributed by atoms with van der Waals surface area (Å²) in [5, 5.41) is 10.5. The third-order valence-corrected chi connectivity index (χ3v) is 9.26. The van der Waals surface area contributed by atoms with Crippen molar-refractivity contribution in [1.29, 1.82) is 0 Å². The predicted octanol–water partition coefficient (Wildman–Crippen LogP) is 3.32. The molecule has 0 aromatic heterocycles. The van der Waals surface area contributed by atoms with Gasteiger partial charge in [0.15, 0.2) is 0 Å². The summed E-state index contributed by atoms with van der Waals surface area (Å²) < 4.78 is 5.42. The van der Waals surface area contributed by atoms with Gasteiger partial charge in [-0.1, -0.05) is 67.2 Å². The molecule has 1 aliphatic rings. The normalized spacial score (nSPS) is 15.1. The molecule has 0 aromatic carbocycles. The maximum atomic E-state index is 12.7. The molecule has 1 unspecified atom stereocenters. The topological polar surface area (TPSA) is 163 Å². The van der Waals surface area contributed by atoms with E-state index in [1.54, 1.807) is 11.8 Å². The van der Waals surface area contributed by atoms with Crippen LogP contribution in [0.2, 0.25) is 0 Å². The van der Waals surface area contributed by atoms with Gasteiger partial charge < -0.3 is 26.0 Å². The first-order chi connectivity index (χ1) is 22.1. The summed E-state index contributed by atoms with van der Waals surface area (Å²) in [6.07, 6.45) is 7.73. The summed E-state index contributed by atoms with van der Waals surface area (Å²) in [6.45, 7) is 14.5. The van der Waals surface area contributed by atoms with Crippen molar-refractivity contribution < 1.29 is 33.5 Å². The summed E-state index contributed by atoms with van der Waals surface area (Å²) in [5.74, 6) is -0.426. The molecule has 47 heavy (non-hydrogen) atoms. The van der Waals surface area contributed by atoms with Gasteiger partial charge in [0.05, 0.1) is 18.5 Å². The van der Waals surface area contributed by atoms with Crippen LogP contribution in [0.1, 0.15) is 112 Å². The molecular weight excluding hydrogens is 622 g/mol. The second-order valence-electron chi connectivity index (χ2n) is 14.1. The first-order valence-electron chi connectivity index (χ1n) is 17.2. The Balaban J connectivity index is 2.04. The lowest BCUT2D eigenvalue weighted by Gasteiger charge is -2.22. The number of ether oxygens (including phenoxy) is 1. The van der Waals surface area contributed by atoms with Crippen LogP contribution in [0.5, 0.6) is 0 Å². The lowest BCUT2D eigenvalue weighted by Crippen LogP contribution is -2.36. The largest absolute Gasteiger partial charge is 0.378 e. The summed E-state index contributed by atoms with van der Waals surface area (Å²) in [4.78, 5) is 74.1. The van der Waals surface area contributed by atoms with Crippen LogP contribution in [0.25, 0.3) is 0 Å². The Morgan fingerprint density at radius 3 is 1.87 bits per heavy atom. The highest BCUT2D eigenvalue weighted by Crippen LogP contribution is 2.29. The number of carbonyl (C=O) groups excluding carboxylic acids is 6. The highest BCUT2D eigenvalue weighted by Gasteiger charge is 2.38. The van der Waals surface area contributed by atoms with Gasteiger partial charge in [-0.25, -0.2) is 0 Å². The second-order valence-corrected chi connectivity index (χ2v) is 15.4. The van der Waals surface area contributed by atoms with Gasteiger partial charge in [-0.3, -0.25) is 33.7 Å². The van der Waals surface area contributed by atoms with E-state index in [2.05, 4.69) is 42.0 Å². The summed E-state index contributed by atoms with van der Waals surface area (Å²) in [7, 11) is 0. The molecule has 1 rings (SSSR count). The molecule has 0 aliphatic carbocycles. The zero-order chi connectivity index (χ0) is 35.3. The van der Waals surface area contributed by atoms with Crippen molar-refractivity contribution >= 4 is 47.2 Å². The van der Waals surface area contributed by atoms with Crippen molar-refractivity contribution in [2.24, 2.45) is 10.8 Å². The minimum atomic E-state index is -0.348. The molecule has 0 bridgehead atoms. The van der Waals surface area contributed by atoms with E-state index >= 15 is 0 Å². The molecule has 0 saturated carbocycles. The van der Waals surface area contributed by atoms with Gasteiger partial charge in [-0.2, -0.15) is 0 Å². The number of likely N-dealkylation sites (tertiary alicyclic amines) is 1. The average molecular weight is 684 g/mol.